The Labute approximate surface area is 96.0 Å². The van der Waals surface area contributed by atoms with Crippen LogP contribution in [0.25, 0.3) is 0 Å². The van der Waals surface area contributed by atoms with E-state index in [2.05, 4.69) is 5.10 Å². The van der Waals surface area contributed by atoms with Gasteiger partial charge >= 0.3 is 0 Å². The van der Waals surface area contributed by atoms with Gasteiger partial charge in [0.2, 0.25) is 0 Å². The molecule has 1 aromatic heterocycles. The predicted octanol–water partition coefficient (Wildman–Crippen LogP) is -0.463. The normalized spacial score (nSPS) is 29.6. The number of aliphatic hydroxyl groups excluding tert-OH is 2. The highest BCUT2D eigenvalue weighted by Crippen LogP contribution is 2.26. The number of aliphatic hydroxyl groups is 2. The van der Waals surface area contributed by atoms with Crippen LogP contribution in [0.1, 0.15) is 12.6 Å². The summed E-state index contributed by atoms with van der Waals surface area (Å²) >= 11 is 5.66. The quantitative estimate of drug-likeness (QED) is 0.738. The Balaban J connectivity index is 2.26. The van der Waals surface area contributed by atoms with Gasteiger partial charge in [-0.25, -0.2) is 0 Å². The smallest absolute Gasteiger partial charge is 0.269 e. The molecule has 6 nitrogen and oxygen atoms in total. The second kappa shape index (κ2) is 4.50. The van der Waals surface area contributed by atoms with Gasteiger partial charge in [-0.15, -0.1) is 0 Å². The summed E-state index contributed by atoms with van der Waals surface area (Å²) in [6.07, 6.45) is -1.96. The fraction of sp³-hybridized carbons (Fsp3) is 0.556. The molecular weight excluding hydrogens is 236 g/mol. The van der Waals surface area contributed by atoms with Crippen LogP contribution in [0.5, 0.6) is 0 Å². The summed E-state index contributed by atoms with van der Waals surface area (Å²) < 4.78 is 6.36. The summed E-state index contributed by atoms with van der Waals surface area (Å²) in [5.74, 6) is 0. The molecule has 3 atom stereocenters. The number of hydrogen-bond acceptors (Lipinski definition) is 5. The molecule has 0 aromatic carbocycles. The van der Waals surface area contributed by atoms with Crippen LogP contribution in [0.2, 0.25) is 5.15 Å². The third-order valence-electron chi connectivity index (χ3n) is 2.45. The number of hydrogen-bond donors (Lipinski definition) is 2. The molecule has 0 amide bonds. The fourth-order valence-corrected chi connectivity index (χ4v) is 1.78. The molecule has 0 bridgehead atoms. The highest BCUT2D eigenvalue weighted by Gasteiger charge is 2.35. The summed E-state index contributed by atoms with van der Waals surface area (Å²) in [5, 5.41) is 22.4. The minimum absolute atomic E-state index is 0.171. The average molecular weight is 247 g/mol. The maximum absolute atomic E-state index is 11.5. The van der Waals surface area contributed by atoms with Crippen molar-refractivity contribution in [3.05, 3.63) is 27.6 Å². The second-order valence-corrected chi connectivity index (χ2v) is 3.94. The third-order valence-corrected chi connectivity index (χ3v) is 2.65. The van der Waals surface area contributed by atoms with E-state index < -0.39 is 18.4 Å². The molecule has 1 aromatic rings. The molecule has 0 radical (unpaired) electrons. The first-order chi connectivity index (χ1) is 7.61. The highest BCUT2D eigenvalue weighted by atomic mass is 35.5. The number of aromatic nitrogens is 2. The van der Waals surface area contributed by atoms with Gasteiger partial charge in [0.1, 0.15) is 11.3 Å². The first kappa shape index (κ1) is 11.5. The minimum atomic E-state index is -0.803. The van der Waals surface area contributed by atoms with Crippen LogP contribution in [0.3, 0.4) is 0 Å². The number of ether oxygens (including phenoxy) is 1. The van der Waals surface area contributed by atoms with E-state index in [1.807, 2.05) is 0 Å². The van der Waals surface area contributed by atoms with Crippen molar-refractivity contribution in [2.45, 2.75) is 24.9 Å². The maximum atomic E-state index is 11.5. The van der Waals surface area contributed by atoms with E-state index in [1.165, 1.54) is 12.1 Å². The van der Waals surface area contributed by atoms with E-state index in [-0.39, 0.29) is 23.7 Å². The van der Waals surface area contributed by atoms with Crippen LogP contribution in [0.15, 0.2) is 16.9 Å². The van der Waals surface area contributed by atoms with Crippen molar-refractivity contribution in [1.82, 2.24) is 9.78 Å². The van der Waals surface area contributed by atoms with Gasteiger partial charge in [0, 0.05) is 12.5 Å². The molecule has 1 saturated heterocycles. The molecule has 1 aliphatic rings. The number of rotatable bonds is 2. The van der Waals surface area contributed by atoms with Crippen LogP contribution in [-0.4, -0.2) is 38.8 Å². The summed E-state index contributed by atoms with van der Waals surface area (Å²) in [6, 6.07) is 2.66. The molecule has 0 spiro atoms. The molecular formula is C9H11ClN2O4. The van der Waals surface area contributed by atoms with E-state index in [0.29, 0.717) is 0 Å². The first-order valence-electron chi connectivity index (χ1n) is 4.81. The van der Waals surface area contributed by atoms with Gasteiger partial charge in [0.25, 0.3) is 5.56 Å². The lowest BCUT2D eigenvalue weighted by Gasteiger charge is -2.13. The summed E-state index contributed by atoms with van der Waals surface area (Å²) in [7, 11) is 0. The van der Waals surface area contributed by atoms with E-state index in [4.69, 9.17) is 21.4 Å². The number of nitrogens with zero attached hydrogens (tertiary/aromatic N) is 2. The zero-order chi connectivity index (χ0) is 11.7. The van der Waals surface area contributed by atoms with E-state index in [0.717, 1.165) is 4.68 Å². The Morgan fingerprint density at radius 1 is 1.62 bits per heavy atom. The van der Waals surface area contributed by atoms with Crippen molar-refractivity contribution in [2.24, 2.45) is 0 Å². The predicted molar refractivity (Wildman–Crippen MR) is 55.1 cm³/mol. The molecule has 88 valence electrons. The van der Waals surface area contributed by atoms with Crippen LogP contribution in [-0.2, 0) is 4.74 Å². The Morgan fingerprint density at radius 3 is 3.00 bits per heavy atom. The molecule has 0 aliphatic carbocycles. The second-order valence-electron chi connectivity index (χ2n) is 3.55. The maximum Gasteiger partial charge on any atom is 0.269 e. The average Bonchev–Trinajstić information content (AvgIpc) is 2.63. The van der Waals surface area contributed by atoms with Gasteiger partial charge in [-0.2, -0.15) is 9.78 Å². The van der Waals surface area contributed by atoms with E-state index in [9.17, 15) is 9.90 Å². The van der Waals surface area contributed by atoms with Gasteiger partial charge < -0.3 is 14.9 Å². The Hall–Kier alpha value is -0.950. The molecule has 2 N–H and O–H groups in total. The number of halogens is 1. The van der Waals surface area contributed by atoms with E-state index in [1.54, 1.807) is 0 Å². The highest BCUT2D eigenvalue weighted by molar-refractivity contribution is 6.29. The lowest BCUT2D eigenvalue weighted by molar-refractivity contribution is -0.0500. The van der Waals surface area contributed by atoms with E-state index >= 15 is 0 Å². The fourth-order valence-electron chi connectivity index (χ4n) is 1.64. The molecule has 2 rings (SSSR count). The topological polar surface area (TPSA) is 84.6 Å². The molecule has 0 unspecified atom stereocenters. The summed E-state index contributed by atoms with van der Waals surface area (Å²) in [5.41, 5.74) is -0.361. The zero-order valence-electron chi connectivity index (χ0n) is 8.28. The lowest BCUT2D eigenvalue weighted by Crippen LogP contribution is -2.27. The molecule has 1 fully saturated rings. The monoisotopic (exact) mass is 246 g/mol. The zero-order valence-corrected chi connectivity index (χ0v) is 9.04. The Bertz CT molecular complexity index is 436. The largest absolute Gasteiger partial charge is 0.394 e. The molecule has 7 heteroatoms. The van der Waals surface area contributed by atoms with Gasteiger partial charge in [-0.1, -0.05) is 11.6 Å². The SMILES string of the molecule is O=c1ccc(Cl)nn1[C@H]1C[C@H](O)[C@@H](CO)O1. The third kappa shape index (κ3) is 2.10. The summed E-state index contributed by atoms with van der Waals surface area (Å²) in [4.78, 5) is 11.5. The van der Waals surface area contributed by atoms with Gasteiger partial charge in [-0.3, -0.25) is 4.79 Å². The van der Waals surface area contributed by atoms with Crippen molar-refractivity contribution in [2.75, 3.05) is 6.61 Å². The Kier molecular flexibility index (Phi) is 3.25. The van der Waals surface area contributed by atoms with Crippen LogP contribution in [0.4, 0.5) is 0 Å². The summed E-state index contributed by atoms with van der Waals surface area (Å²) in [6.45, 7) is -0.299. The minimum Gasteiger partial charge on any atom is -0.394 e. The Morgan fingerprint density at radius 2 is 2.38 bits per heavy atom. The first-order valence-corrected chi connectivity index (χ1v) is 5.19. The van der Waals surface area contributed by atoms with Gasteiger partial charge in [0.05, 0.1) is 12.7 Å². The molecule has 2 heterocycles. The van der Waals surface area contributed by atoms with Crippen molar-refractivity contribution in [1.29, 1.82) is 0 Å². The van der Waals surface area contributed by atoms with Crippen LogP contribution in [0, 0.1) is 0 Å². The molecule has 1 aliphatic heterocycles. The lowest BCUT2D eigenvalue weighted by atomic mass is 10.2. The van der Waals surface area contributed by atoms with Gasteiger partial charge in [0.15, 0.2) is 6.23 Å². The molecule has 0 saturated carbocycles. The van der Waals surface area contributed by atoms with Gasteiger partial charge in [-0.05, 0) is 6.07 Å². The molecule has 16 heavy (non-hydrogen) atoms. The van der Waals surface area contributed by atoms with Crippen LogP contribution >= 0.6 is 11.6 Å². The van der Waals surface area contributed by atoms with Crippen molar-refractivity contribution >= 4 is 11.6 Å². The van der Waals surface area contributed by atoms with Crippen molar-refractivity contribution < 1.29 is 14.9 Å². The standard InChI is InChI=1S/C9H11ClN2O4/c10-7-1-2-8(15)12(11-7)9-3-5(14)6(4-13)16-9/h1-2,5-6,9,13-14H,3-4H2/t5-,6+,9+/m0/s1. The van der Waals surface area contributed by atoms with Crippen molar-refractivity contribution in [3.63, 3.8) is 0 Å². The van der Waals surface area contributed by atoms with Crippen LogP contribution < -0.4 is 5.56 Å². The van der Waals surface area contributed by atoms with Crippen molar-refractivity contribution in [3.8, 4) is 0 Å².